The summed E-state index contributed by atoms with van der Waals surface area (Å²) in [5.74, 6) is 0.301. The highest BCUT2D eigenvalue weighted by Gasteiger charge is 2.32. The van der Waals surface area contributed by atoms with Gasteiger partial charge in [-0.25, -0.2) is 0 Å². The number of phenols is 1. The number of aromatic hydroxyl groups is 1. The van der Waals surface area contributed by atoms with Crippen LogP contribution in [0.4, 0.5) is 0 Å². The van der Waals surface area contributed by atoms with E-state index in [1.807, 2.05) is 47.4 Å². The molecule has 2 aliphatic carbocycles. The number of rotatable bonds is 5. The first-order chi connectivity index (χ1) is 17.0. The van der Waals surface area contributed by atoms with Crippen molar-refractivity contribution >= 4 is 29.3 Å². The third-order valence-electron chi connectivity index (χ3n) is 7.13. The van der Waals surface area contributed by atoms with Crippen LogP contribution in [0.3, 0.4) is 0 Å². The molecule has 2 aromatic rings. The molecular formula is C30H30ClNO2S. The Balaban J connectivity index is 1.49. The number of hydrogen-bond donors (Lipinski definition) is 1. The van der Waals surface area contributed by atoms with E-state index in [2.05, 4.69) is 31.2 Å². The fraction of sp³-hybridized carbons (Fsp3) is 0.300. The van der Waals surface area contributed by atoms with Crippen LogP contribution in [0.15, 0.2) is 88.9 Å². The van der Waals surface area contributed by atoms with Crippen LogP contribution in [0, 0.1) is 0 Å². The third kappa shape index (κ3) is 5.29. The van der Waals surface area contributed by atoms with Crippen molar-refractivity contribution in [1.29, 1.82) is 0 Å². The van der Waals surface area contributed by atoms with Crippen LogP contribution >= 0.6 is 23.4 Å². The number of hydrogen-bond acceptors (Lipinski definition) is 3. The van der Waals surface area contributed by atoms with Gasteiger partial charge in [0.1, 0.15) is 5.75 Å². The monoisotopic (exact) mass is 503 g/mol. The Morgan fingerprint density at radius 1 is 1.06 bits per heavy atom. The minimum absolute atomic E-state index is 0.0787. The van der Waals surface area contributed by atoms with Crippen LogP contribution in [-0.2, 0) is 11.3 Å². The van der Waals surface area contributed by atoms with Crippen LogP contribution in [0.2, 0.25) is 5.02 Å². The van der Waals surface area contributed by atoms with Gasteiger partial charge < -0.3 is 10.0 Å². The summed E-state index contributed by atoms with van der Waals surface area (Å²) >= 11 is 7.71. The highest BCUT2D eigenvalue weighted by Crippen LogP contribution is 2.40. The summed E-state index contributed by atoms with van der Waals surface area (Å²) in [4.78, 5) is 17.0. The molecule has 5 rings (SSSR count). The molecule has 35 heavy (non-hydrogen) atoms. The summed E-state index contributed by atoms with van der Waals surface area (Å²) in [5.41, 5.74) is 4.96. The number of fused-ring (bicyclic) bond motifs is 1. The second kappa shape index (κ2) is 10.5. The number of allylic oxidation sites excluding steroid dienone is 5. The van der Waals surface area contributed by atoms with E-state index in [0.717, 1.165) is 58.4 Å². The quantitative estimate of drug-likeness (QED) is 0.452. The number of thioether (sulfide) groups is 1. The van der Waals surface area contributed by atoms with E-state index in [9.17, 15) is 9.90 Å². The molecule has 3 aliphatic rings. The number of nitrogens with zero attached hydrogens (tertiary/aromatic N) is 1. The third-order valence-corrected chi connectivity index (χ3v) is 8.66. The number of amides is 1. The van der Waals surface area contributed by atoms with E-state index in [1.165, 1.54) is 6.42 Å². The number of benzene rings is 2. The summed E-state index contributed by atoms with van der Waals surface area (Å²) in [5, 5.41) is 11.6. The van der Waals surface area contributed by atoms with Gasteiger partial charge in [-0.05, 0) is 66.3 Å². The molecule has 5 heteroatoms. The molecule has 0 radical (unpaired) electrons. The van der Waals surface area contributed by atoms with Gasteiger partial charge in [-0.2, -0.15) is 0 Å². The Kier molecular flexibility index (Phi) is 7.22. The van der Waals surface area contributed by atoms with Crippen molar-refractivity contribution in [3.05, 3.63) is 99.5 Å². The summed E-state index contributed by atoms with van der Waals surface area (Å²) in [6.07, 6.45) is 16.1. The van der Waals surface area contributed by atoms with Gasteiger partial charge in [0.15, 0.2) is 0 Å². The predicted molar refractivity (Wildman–Crippen MR) is 146 cm³/mol. The van der Waals surface area contributed by atoms with Gasteiger partial charge in [0.05, 0.1) is 4.91 Å². The molecule has 1 heterocycles. The smallest absolute Gasteiger partial charge is 0.261 e. The van der Waals surface area contributed by atoms with Crippen LogP contribution < -0.4 is 0 Å². The van der Waals surface area contributed by atoms with Crippen molar-refractivity contribution in [2.24, 2.45) is 0 Å². The molecule has 2 aromatic carbocycles. The lowest BCUT2D eigenvalue weighted by Gasteiger charge is -2.36. The van der Waals surface area contributed by atoms with Crippen molar-refractivity contribution in [3.63, 3.8) is 0 Å². The molecule has 1 atom stereocenters. The van der Waals surface area contributed by atoms with Crippen LogP contribution in [-0.4, -0.2) is 27.2 Å². The minimum atomic E-state index is 0.0787. The Morgan fingerprint density at radius 2 is 1.80 bits per heavy atom. The molecule has 1 unspecified atom stereocenters. The molecule has 1 amide bonds. The lowest BCUT2D eigenvalue weighted by atomic mass is 9.93. The fourth-order valence-corrected chi connectivity index (χ4v) is 6.41. The SMILES string of the molecule is CC1=C(C(=O)N(Cc2cc(-c3ccc(Cl)cc3)ccc2O)C2CCCCC2)SC2C=CC=CC1=C2. The van der Waals surface area contributed by atoms with Crippen LogP contribution in [0.1, 0.15) is 44.6 Å². The van der Waals surface area contributed by atoms with Gasteiger partial charge in [-0.3, -0.25) is 4.79 Å². The summed E-state index contributed by atoms with van der Waals surface area (Å²) in [6.45, 7) is 2.44. The number of halogens is 1. The maximum atomic E-state index is 14.1. The molecule has 2 bridgehead atoms. The van der Waals surface area contributed by atoms with E-state index in [4.69, 9.17) is 11.6 Å². The zero-order chi connectivity index (χ0) is 24.4. The van der Waals surface area contributed by atoms with Gasteiger partial charge in [0, 0.05) is 28.4 Å². The molecule has 180 valence electrons. The van der Waals surface area contributed by atoms with E-state index < -0.39 is 0 Å². The van der Waals surface area contributed by atoms with E-state index in [0.29, 0.717) is 11.6 Å². The maximum absolute atomic E-state index is 14.1. The molecule has 1 N–H and O–H groups in total. The molecule has 0 saturated heterocycles. The summed E-state index contributed by atoms with van der Waals surface area (Å²) in [7, 11) is 0. The molecule has 1 fully saturated rings. The second-order valence-electron chi connectivity index (χ2n) is 9.48. The topological polar surface area (TPSA) is 40.5 Å². The minimum Gasteiger partial charge on any atom is -0.508 e. The first-order valence-electron chi connectivity index (χ1n) is 12.3. The van der Waals surface area contributed by atoms with Crippen LogP contribution in [0.5, 0.6) is 5.75 Å². The normalized spacial score (nSPS) is 19.9. The number of phenolic OH excluding ortho intramolecular Hbond substituents is 1. The van der Waals surface area contributed by atoms with Crippen molar-refractivity contribution in [2.75, 3.05) is 0 Å². The van der Waals surface area contributed by atoms with Gasteiger partial charge >= 0.3 is 0 Å². The molecule has 1 aliphatic heterocycles. The first kappa shape index (κ1) is 24.0. The van der Waals surface area contributed by atoms with Crippen molar-refractivity contribution in [3.8, 4) is 16.9 Å². The number of carbonyl (C=O) groups excluding carboxylic acids is 1. The second-order valence-corrected chi connectivity index (χ2v) is 11.1. The summed E-state index contributed by atoms with van der Waals surface area (Å²) in [6, 6.07) is 13.5. The summed E-state index contributed by atoms with van der Waals surface area (Å²) < 4.78 is 0. The van der Waals surface area contributed by atoms with Gasteiger partial charge in [-0.1, -0.05) is 79.4 Å². The highest BCUT2D eigenvalue weighted by molar-refractivity contribution is 8.05. The van der Waals surface area contributed by atoms with Crippen LogP contribution in [0.25, 0.3) is 11.1 Å². The average molecular weight is 504 g/mol. The zero-order valence-electron chi connectivity index (χ0n) is 19.9. The lowest BCUT2D eigenvalue weighted by Crippen LogP contribution is -2.42. The Bertz CT molecular complexity index is 1240. The number of carbonyl (C=O) groups is 1. The molecule has 0 spiro atoms. The molecule has 0 aromatic heterocycles. The maximum Gasteiger partial charge on any atom is 0.261 e. The predicted octanol–water partition coefficient (Wildman–Crippen LogP) is 7.82. The van der Waals surface area contributed by atoms with Crippen molar-refractivity contribution < 1.29 is 9.90 Å². The Morgan fingerprint density at radius 3 is 2.57 bits per heavy atom. The van der Waals surface area contributed by atoms with Gasteiger partial charge in [0.25, 0.3) is 5.91 Å². The largest absolute Gasteiger partial charge is 0.508 e. The highest BCUT2D eigenvalue weighted by atomic mass is 35.5. The molecule has 3 nitrogen and oxygen atoms in total. The van der Waals surface area contributed by atoms with Crippen molar-refractivity contribution in [1.82, 2.24) is 4.90 Å². The van der Waals surface area contributed by atoms with Crippen molar-refractivity contribution in [2.45, 2.75) is 56.9 Å². The van der Waals surface area contributed by atoms with E-state index >= 15 is 0 Å². The van der Waals surface area contributed by atoms with Gasteiger partial charge in [-0.15, -0.1) is 11.8 Å². The van der Waals surface area contributed by atoms with Gasteiger partial charge in [0.2, 0.25) is 0 Å². The first-order valence-corrected chi connectivity index (χ1v) is 13.6. The van der Waals surface area contributed by atoms with E-state index in [-0.39, 0.29) is 22.9 Å². The van der Waals surface area contributed by atoms with E-state index in [1.54, 1.807) is 17.8 Å². The lowest BCUT2D eigenvalue weighted by molar-refractivity contribution is -0.130. The molecule has 1 saturated carbocycles. The Labute approximate surface area is 216 Å². The molecular weight excluding hydrogens is 474 g/mol. The fourth-order valence-electron chi connectivity index (χ4n) is 5.12. The average Bonchev–Trinajstić information content (AvgIpc) is 3.09. The Hall–Kier alpha value is -2.69. The standard InChI is InChI=1S/C30H30ClNO2S/c1-20-22-7-5-6-10-27(18-22)35-29(20)30(34)32(26-8-3-2-4-9-26)19-24-17-23(13-16-28(24)33)21-11-14-25(31)15-12-21/h5-7,10-18,26-27,33H,2-4,8-9,19H2,1H3. The zero-order valence-corrected chi connectivity index (χ0v) is 21.5.